The number of nitrogens with one attached hydrogen (secondary N) is 1. The summed E-state index contributed by atoms with van der Waals surface area (Å²) in [5.74, 6) is 1.32. The number of hydrogen-bond acceptors (Lipinski definition) is 6. The lowest BCUT2D eigenvalue weighted by atomic mass is 9.91. The molecule has 22 heavy (non-hydrogen) atoms. The van der Waals surface area contributed by atoms with E-state index >= 15 is 0 Å². The zero-order valence-electron chi connectivity index (χ0n) is 12.4. The van der Waals surface area contributed by atoms with Gasteiger partial charge < -0.3 is 14.6 Å². The molecule has 0 bridgehead atoms. The number of aryl methyl sites for hydroxylation is 1. The number of hydrogen-bond donors (Lipinski definition) is 1. The quantitative estimate of drug-likeness (QED) is 0.914. The minimum absolute atomic E-state index is 0.0187. The summed E-state index contributed by atoms with van der Waals surface area (Å²) in [6.45, 7) is 3.19. The molecule has 0 unspecified atom stereocenters. The van der Waals surface area contributed by atoms with E-state index in [1.807, 2.05) is 17.5 Å². The fraction of sp³-hybridized carbons (Fsp3) is 0.533. The Bertz CT molecular complexity index is 605. The van der Waals surface area contributed by atoms with Gasteiger partial charge in [-0.15, -0.1) is 11.3 Å². The van der Waals surface area contributed by atoms with Gasteiger partial charge in [-0.3, -0.25) is 4.79 Å². The Morgan fingerprint density at radius 3 is 2.95 bits per heavy atom. The smallest absolute Gasteiger partial charge is 0.249 e. The second-order valence-corrected chi connectivity index (χ2v) is 6.46. The van der Waals surface area contributed by atoms with Crippen LogP contribution < -0.4 is 5.32 Å². The molecule has 118 valence electrons. The molecular formula is C15H19N3O3S. The molecule has 0 aliphatic carbocycles. The number of amides is 1. The number of carbonyl (C=O) groups is 1. The lowest BCUT2D eigenvalue weighted by Crippen LogP contribution is -2.37. The summed E-state index contributed by atoms with van der Waals surface area (Å²) in [7, 11) is 0. The Morgan fingerprint density at radius 2 is 2.32 bits per heavy atom. The minimum atomic E-state index is -0.238. The second kappa shape index (κ2) is 7.02. The number of nitrogens with zero attached hydrogens (tertiary/aromatic N) is 2. The highest BCUT2D eigenvalue weighted by Gasteiger charge is 2.31. The van der Waals surface area contributed by atoms with Crippen LogP contribution >= 0.6 is 11.3 Å². The third kappa shape index (κ3) is 3.72. The van der Waals surface area contributed by atoms with E-state index in [1.54, 1.807) is 18.3 Å². The first-order valence-corrected chi connectivity index (χ1v) is 8.30. The second-order valence-electron chi connectivity index (χ2n) is 5.43. The van der Waals surface area contributed by atoms with E-state index in [4.69, 9.17) is 9.26 Å². The Balaban J connectivity index is 1.71. The standard InChI is InChI=1S/C15H19N3O3S/c1-10-16-15(21-18-10)14(11-4-6-20-7-5-11)17-13(19)9-12-3-2-8-22-12/h2-3,8,11,14H,4-7,9H2,1H3,(H,17,19)/t14-/m0/s1. The van der Waals surface area contributed by atoms with Crippen molar-refractivity contribution in [3.05, 3.63) is 34.1 Å². The highest BCUT2D eigenvalue weighted by atomic mass is 32.1. The van der Waals surface area contributed by atoms with Crippen LogP contribution in [0.15, 0.2) is 22.0 Å². The lowest BCUT2D eigenvalue weighted by Gasteiger charge is -2.28. The van der Waals surface area contributed by atoms with Crippen LogP contribution in [0.4, 0.5) is 0 Å². The van der Waals surface area contributed by atoms with Crippen molar-refractivity contribution in [2.45, 2.75) is 32.2 Å². The van der Waals surface area contributed by atoms with Crippen LogP contribution in [0, 0.1) is 12.8 Å². The van der Waals surface area contributed by atoms with Crippen molar-refractivity contribution in [1.82, 2.24) is 15.5 Å². The molecule has 1 fully saturated rings. The van der Waals surface area contributed by atoms with E-state index in [-0.39, 0.29) is 17.9 Å². The molecule has 2 aromatic heterocycles. The molecule has 2 aromatic rings. The highest BCUT2D eigenvalue weighted by Crippen LogP contribution is 2.29. The Morgan fingerprint density at radius 1 is 1.50 bits per heavy atom. The fourth-order valence-electron chi connectivity index (χ4n) is 2.67. The zero-order chi connectivity index (χ0) is 15.4. The number of ether oxygens (including phenoxy) is 1. The third-order valence-corrected chi connectivity index (χ3v) is 4.65. The van der Waals surface area contributed by atoms with Gasteiger partial charge in [-0.1, -0.05) is 11.2 Å². The van der Waals surface area contributed by atoms with Crippen LogP contribution in [0.5, 0.6) is 0 Å². The molecule has 1 atom stereocenters. The van der Waals surface area contributed by atoms with Crippen LogP contribution in [-0.2, 0) is 16.0 Å². The van der Waals surface area contributed by atoms with Crippen molar-refractivity contribution >= 4 is 17.2 Å². The Labute approximate surface area is 132 Å². The van der Waals surface area contributed by atoms with Gasteiger partial charge in [0.15, 0.2) is 5.82 Å². The van der Waals surface area contributed by atoms with E-state index in [0.717, 1.165) is 17.7 Å². The SMILES string of the molecule is Cc1noc([C@@H](NC(=O)Cc2cccs2)C2CCOCC2)n1. The van der Waals surface area contributed by atoms with E-state index < -0.39 is 0 Å². The largest absolute Gasteiger partial charge is 0.381 e. The van der Waals surface area contributed by atoms with E-state index in [2.05, 4.69) is 15.5 Å². The zero-order valence-corrected chi connectivity index (χ0v) is 13.3. The van der Waals surface area contributed by atoms with Crippen molar-refractivity contribution in [3.63, 3.8) is 0 Å². The van der Waals surface area contributed by atoms with E-state index in [0.29, 0.717) is 31.3 Å². The molecule has 0 spiro atoms. The van der Waals surface area contributed by atoms with Crippen LogP contribution in [0.2, 0.25) is 0 Å². The number of carbonyl (C=O) groups excluding carboxylic acids is 1. The molecular weight excluding hydrogens is 302 g/mol. The molecule has 1 aliphatic heterocycles. The average molecular weight is 321 g/mol. The van der Waals surface area contributed by atoms with Gasteiger partial charge in [0.2, 0.25) is 11.8 Å². The van der Waals surface area contributed by atoms with Gasteiger partial charge in [0.25, 0.3) is 0 Å². The van der Waals surface area contributed by atoms with Crippen LogP contribution in [0.25, 0.3) is 0 Å². The summed E-state index contributed by atoms with van der Waals surface area (Å²) in [4.78, 5) is 17.7. The molecule has 1 amide bonds. The minimum Gasteiger partial charge on any atom is -0.381 e. The van der Waals surface area contributed by atoms with Crippen molar-refractivity contribution in [2.75, 3.05) is 13.2 Å². The maximum atomic E-state index is 12.3. The Kier molecular flexibility index (Phi) is 4.84. The van der Waals surface area contributed by atoms with Gasteiger partial charge in [-0.2, -0.15) is 4.98 Å². The lowest BCUT2D eigenvalue weighted by molar-refractivity contribution is -0.122. The van der Waals surface area contributed by atoms with Gasteiger partial charge in [0.05, 0.1) is 6.42 Å². The molecule has 3 heterocycles. The highest BCUT2D eigenvalue weighted by molar-refractivity contribution is 7.10. The van der Waals surface area contributed by atoms with Crippen molar-refractivity contribution in [1.29, 1.82) is 0 Å². The Hall–Kier alpha value is -1.73. The summed E-state index contributed by atoms with van der Waals surface area (Å²) in [5, 5.41) is 8.89. The predicted octanol–water partition coefficient (Wildman–Crippen LogP) is 2.27. The maximum Gasteiger partial charge on any atom is 0.249 e. The first-order valence-electron chi connectivity index (χ1n) is 7.42. The van der Waals surface area contributed by atoms with E-state index in [1.165, 1.54) is 0 Å². The summed E-state index contributed by atoms with van der Waals surface area (Å²) in [6.07, 6.45) is 2.14. The summed E-state index contributed by atoms with van der Waals surface area (Å²) in [6, 6.07) is 3.67. The summed E-state index contributed by atoms with van der Waals surface area (Å²) < 4.78 is 10.7. The first kappa shape index (κ1) is 15.2. The molecule has 6 nitrogen and oxygen atoms in total. The normalized spacial score (nSPS) is 17.3. The monoisotopic (exact) mass is 321 g/mol. The fourth-order valence-corrected chi connectivity index (χ4v) is 3.37. The summed E-state index contributed by atoms with van der Waals surface area (Å²) in [5.41, 5.74) is 0. The number of rotatable bonds is 5. The summed E-state index contributed by atoms with van der Waals surface area (Å²) >= 11 is 1.58. The molecule has 3 rings (SSSR count). The number of thiophene rings is 1. The third-order valence-electron chi connectivity index (χ3n) is 3.78. The van der Waals surface area contributed by atoms with Crippen molar-refractivity contribution in [3.8, 4) is 0 Å². The molecule has 1 aliphatic rings. The van der Waals surface area contributed by atoms with E-state index in [9.17, 15) is 4.79 Å². The van der Waals surface area contributed by atoms with Crippen LogP contribution in [-0.4, -0.2) is 29.3 Å². The molecule has 1 N–H and O–H groups in total. The van der Waals surface area contributed by atoms with Gasteiger partial charge >= 0.3 is 0 Å². The molecule has 0 saturated carbocycles. The van der Waals surface area contributed by atoms with Gasteiger partial charge in [0, 0.05) is 18.1 Å². The van der Waals surface area contributed by atoms with Crippen molar-refractivity contribution in [2.24, 2.45) is 5.92 Å². The van der Waals surface area contributed by atoms with Crippen molar-refractivity contribution < 1.29 is 14.1 Å². The molecule has 0 aromatic carbocycles. The van der Waals surface area contributed by atoms with Crippen LogP contribution in [0.1, 0.15) is 35.5 Å². The molecule has 0 radical (unpaired) electrons. The molecule has 7 heteroatoms. The topological polar surface area (TPSA) is 77.2 Å². The van der Waals surface area contributed by atoms with Gasteiger partial charge in [-0.25, -0.2) is 0 Å². The maximum absolute atomic E-state index is 12.3. The number of aromatic nitrogens is 2. The predicted molar refractivity (Wildman–Crippen MR) is 81.5 cm³/mol. The average Bonchev–Trinajstić information content (AvgIpc) is 3.17. The van der Waals surface area contributed by atoms with Gasteiger partial charge in [-0.05, 0) is 37.1 Å². The molecule has 1 saturated heterocycles. The first-order chi connectivity index (χ1) is 10.7. The van der Waals surface area contributed by atoms with Crippen LogP contribution in [0.3, 0.4) is 0 Å². The van der Waals surface area contributed by atoms with Gasteiger partial charge in [0.1, 0.15) is 6.04 Å².